The van der Waals surface area contributed by atoms with Crippen LogP contribution in [0.1, 0.15) is 39.8 Å². The molecule has 0 saturated heterocycles. The van der Waals surface area contributed by atoms with Gasteiger partial charge in [0.15, 0.2) is 0 Å². The van der Waals surface area contributed by atoms with Crippen LogP contribution in [0.4, 0.5) is 0 Å². The molecule has 1 aliphatic carbocycles. The SMILES string of the molecule is CC(=O)NCCNC(=O)c1c2c(nc3ccccc13)/C(=C\c1cccs1)CC2. The van der Waals surface area contributed by atoms with Crippen molar-refractivity contribution in [2.45, 2.75) is 19.8 Å². The summed E-state index contributed by atoms with van der Waals surface area (Å²) in [5.41, 5.74) is 4.65. The molecule has 0 atom stereocenters. The highest BCUT2D eigenvalue weighted by molar-refractivity contribution is 7.10. The zero-order valence-electron chi connectivity index (χ0n) is 15.6. The van der Waals surface area contributed by atoms with Gasteiger partial charge in [0.2, 0.25) is 5.91 Å². The van der Waals surface area contributed by atoms with Crippen LogP contribution < -0.4 is 10.6 Å². The lowest BCUT2D eigenvalue weighted by atomic mass is 10.00. The molecule has 0 saturated carbocycles. The van der Waals surface area contributed by atoms with E-state index in [0.717, 1.165) is 35.0 Å². The van der Waals surface area contributed by atoms with Gasteiger partial charge in [-0.1, -0.05) is 24.3 Å². The summed E-state index contributed by atoms with van der Waals surface area (Å²) >= 11 is 1.70. The van der Waals surface area contributed by atoms with Gasteiger partial charge in [0.1, 0.15) is 0 Å². The lowest BCUT2D eigenvalue weighted by Gasteiger charge is -2.13. The van der Waals surface area contributed by atoms with Gasteiger partial charge in [0, 0.05) is 30.3 Å². The number of rotatable bonds is 5. The number of benzene rings is 1. The number of allylic oxidation sites excluding steroid dienone is 1. The van der Waals surface area contributed by atoms with Crippen LogP contribution in [-0.4, -0.2) is 29.9 Å². The molecule has 2 heterocycles. The Morgan fingerprint density at radius 3 is 2.71 bits per heavy atom. The van der Waals surface area contributed by atoms with E-state index in [9.17, 15) is 9.59 Å². The van der Waals surface area contributed by atoms with Crippen molar-refractivity contribution in [3.8, 4) is 0 Å². The first-order valence-corrected chi connectivity index (χ1v) is 10.2. The zero-order valence-corrected chi connectivity index (χ0v) is 16.4. The van der Waals surface area contributed by atoms with E-state index in [-0.39, 0.29) is 11.8 Å². The lowest BCUT2D eigenvalue weighted by Crippen LogP contribution is -2.34. The van der Waals surface area contributed by atoms with Crippen molar-refractivity contribution in [2.75, 3.05) is 13.1 Å². The van der Waals surface area contributed by atoms with Crippen molar-refractivity contribution in [3.05, 3.63) is 63.5 Å². The number of carbonyl (C=O) groups is 2. The Balaban J connectivity index is 1.72. The van der Waals surface area contributed by atoms with Crippen LogP contribution in [0.15, 0.2) is 41.8 Å². The van der Waals surface area contributed by atoms with Gasteiger partial charge in [-0.05, 0) is 47.6 Å². The third-order valence-corrected chi connectivity index (χ3v) is 5.63. The number of nitrogens with zero attached hydrogens (tertiary/aromatic N) is 1. The van der Waals surface area contributed by atoms with Crippen molar-refractivity contribution in [2.24, 2.45) is 0 Å². The molecule has 3 aromatic rings. The fraction of sp³-hybridized carbons (Fsp3) is 0.227. The number of para-hydroxylation sites is 1. The van der Waals surface area contributed by atoms with Crippen LogP contribution in [0.25, 0.3) is 22.6 Å². The Kier molecular flexibility index (Phi) is 5.21. The van der Waals surface area contributed by atoms with Crippen molar-refractivity contribution >= 4 is 45.7 Å². The summed E-state index contributed by atoms with van der Waals surface area (Å²) in [4.78, 5) is 30.1. The molecule has 28 heavy (non-hydrogen) atoms. The van der Waals surface area contributed by atoms with Crippen LogP contribution in [-0.2, 0) is 11.2 Å². The van der Waals surface area contributed by atoms with Crippen molar-refractivity contribution in [3.63, 3.8) is 0 Å². The smallest absolute Gasteiger partial charge is 0.252 e. The monoisotopic (exact) mass is 391 g/mol. The summed E-state index contributed by atoms with van der Waals surface area (Å²) in [7, 11) is 0. The average Bonchev–Trinajstić information content (AvgIpc) is 3.34. The molecule has 4 rings (SSSR count). The van der Waals surface area contributed by atoms with E-state index in [0.29, 0.717) is 18.7 Å². The first-order chi connectivity index (χ1) is 13.6. The molecule has 1 aromatic carbocycles. The van der Waals surface area contributed by atoms with Crippen LogP contribution in [0.5, 0.6) is 0 Å². The van der Waals surface area contributed by atoms with Crippen LogP contribution in [0.2, 0.25) is 0 Å². The summed E-state index contributed by atoms with van der Waals surface area (Å²) in [6.07, 6.45) is 3.86. The molecule has 0 aliphatic heterocycles. The molecule has 0 spiro atoms. The molecule has 0 bridgehead atoms. The maximum absolute atomic E-state index is 13.0. The Morgan fingerprint density at radius 2 is 1.93 bits per heavy atom. The Labute approximate surface area is 167 Å². The highest BCUT2D eigenvalue weighted by atomic mass is 32.1. The first kappa shape index (κ1) is 18.4. The normalized spacial score (nSPS) is 14.2. The Hall–Kier alpha value is -2.99. The van der Waals surface area contributed by atoms with E-state index in [1.54, 1.807) is 11.3 Å². The number of carbonyl (C=O) groups excluding carboxylic acids is 2. The summed E-state index contributed by atoms with van der Waals surface area (Å²) in [6.45, 7) is 2.27. The molecule has 1 aliphatic rings. The maximum atomic E-state index is 13.0. The van der Waals surface area contributed by atoms with Gasteiger partial charge in [0.25, 0.3) is 5.91 Å². The van der Waals surface area contributed by atoms with E-state index in [1.807, 2.05) is 30.3 Å². The summed E-state index contributed by atoms with van der Waals surface area (Å²) in [5, 5.41) is 8.57. The van der Waals surface area contributed by atoms with E-state index >= 15 is 0 Å². The van der Waals surface area contributed by atoms with Crippen LogP contribution in [0, 0.1) is 0 Å². The summed E-state index contributed by atoms with van der Waals surface area (Å²) in [6, 6.07) is 11.9. The Bertz CT molecular complexity index is 1070. The number of aromatic nitrogens is 1. The van der Waals surface area contributed by atoms with E-state index in [2.05, 4.69) is 28.2 Å². The molecular formula is C22H21N3O2S. The molecule has 5 nitrogen and oxygen atoms in total. The van der Waals surface area contributed by atoms with Gasteiger partial charge in [0.05, 0.1) is 16.8 Å². The number of nitrogens with one attached hydrogen (secondary N) is 2. The van der Waals surface area contributed by atoms with Crippen LogP contribution >= 0.6 is 11.3 Å². The minimum Gasteiger partial charge on any atom is -0.355 e. The van der Waals surface area contributed by atoms with Crippen molar-refractivity contribution < 1.29 is 9.59 Å². The second kappa shape index (κ2) is 7.94. The van der Waals surface area contributed by atoms with Crippen molar-refractivity contribution in [1.29, 1.82) is 0 Å². The molecule has 2 aromatic heterocycles. The Morgan fingerprint density at radius 1 is 1.11 bits per heavy atom. The fourth-order valence-electron chi connectivity index (χ4n) is 3.59. The molecule has 2 N–H and O–H groups in total. The summed E-state index contributed by atoms with van der Waals surface area (Å²) in [5.74, 6) is -0.217. The molecule has 0 fully saturated rings. The molecule has 0 unspecified atom stereocenters. The summed E-state index contributed by atoms with van der Waals surface area (Å²) < 4.78 is 0. The largest absolute Gasteiger partial charge is 0.355 e. The second-order valence-electron chi connectivity index (χ2n) is 6.75. The van der Waals surface area contributed by atoms with Crippen LogP contribution in [0.3, 0.4) is 0 Å². The third-order valence-electron chi connectivity index (χ3n) is 4.81. The predicted molar refractivity (Wildman–Crippen MR) is 113 cm³/mol. The van der Waals surface area contributed by atoms with E-state index in [1.165, 1.54) is 17.4 Å². The van der Waals surface area contributed by atoms with Gasteiger partial charge < -0.3 is 10.6 Å². The van der Waals surface area contributed by atoms with E-state index in [4.69, 9.17) is 4.98 Å². The highest BCUT2D eigenvalue weighted by Gasteiger charge is 2.26. The molecule has 2 amide bonds. The topological polar surface area (TPSA) is 71.1 Å². The van der Waals surface area contributed by atoms with Gasteiger partial charge in [-0.25, -0.2) is 4.98 Å². The van der Waals surface area contributed by atoms with E-state index < -0.39 is 0 Å². The lowest BCUT2D eigenvalue weighted by molar-refractivity contribution is -0.118. The minimum absolute atomic E-state index is 0.104. The number of hydrogen-bond donors (Lipinski definition) is 2. The van der Waals surface area contributed by atoms with Crippen molar-refractivity contribution in [1.82, 2.24) is 15.6 Å². The zero-order chi connectivity index (χ0) is 19.5. The third kappa shape index (κ3) is 3.68. The molecule has 6 heteroatoms. The average molecular weight is 391 g/mol. The number of thiophene rings is 1. The predicted octanol–water partition coefficient (Wildman–Crippen LogP) is 3.65. The van der Waals surface area contributed by atoms with Gasteiger partial charge in [-0.2, -0.15) is 0 Å². The number of hydrogen-bond acceptors (Lipinski definition) is 4. The standard InChI is InChI=1S/C22H21N3O2S/c1-14(26)23-10-11-24-22(27)20-17-6-2-3-7-19(17)25-21-15(8-9-18(20)21)13-16-5-4-12-28-16/h2-7,12-13H,8-11H2,1H3,(H,23,26)(H,24,27)/b15-13-. The van der Waals surface area contributed by atoms with Gasteiger partial charge in [-0.3, -0.25) is 9.59 Å². The minimum atomic E-state index is -0.113. The number of fused-ring (bicyclic) bond motifs is 2. The number of amides is 2. The quantitative estimate of drug-likeness (QED) is 0.652. The first-order valence-electron chi connectivity index (χ1n) is 9.32. The fourth-order valence-corrected chi connectivity index (χ4v) is 4.27. The van der Waals surface area contributed by atoms with Gasteiger partial charge >= 0.3 is 0 Å². The van der Waals surface area contributed by atoms with Gasteiger partial charge in [-0.15, -0.1) is 11.3 Å². The molecule has 0 radical (unpaired) electrons. The molecule has 142 valence electrons. The molecular weight excluding hydrogens is 370 g/mol. The second-order valence-corrected chi connectivity index (χ2v) is 7.73. The number of pyridine rings is 1. The highest BCUT2D eigenvalue weighted by Crippen LogP contribution is 2.37. The maximum Gasteiger partial charge on any atom is 0.252 e.